The fourth-order valence-electron chi connectivity index (χ4n) is 2.54. The molecule has 0 saturated heterocycles. The number of benzene rings is 1. The molecule has 0 aliphatic heterocycles. The quantitative estimate of drug-likeness (QED) is 0.657. The molecule has 0 aromatic heterocycles. The van der Waals surface area contributed by atoms with E-state index in [2.05, 4.69) is 5.32 Å². The molecule has 102 valence electrons. The van der Waals surface area contributed by atoms with Crippen molar-refractivity contribution in [2.75, 3.05) is 5.32 Å². The Morgan fingerprint density at radius 3 is 2.26 bits per heavy atom. The Morgan fingerprint density at radius 2 is 1.79 bits per heavy atom. The Balaban J connectivity index is 1.91. The minimum Gasteiger partial charge on any atom is -0.374 e. The van der Waals surface area contributed by atoms with Gasteiger partial charge in [0.25, 0.3) is 5.69 Å². The second-order valence-corrected chi connectivity index (χ2v) is 5.38. The molecule has 0 unspecified atom stereocenters. The molecule has 0 amide bonds. The highest BCUT2D eigenvalue weighted by Crippen LogP contribution is 2.46. The van der Waals surface area contributed by atoms with Crippen molar-refractivity contribution in [2.45, 2.75) is 31.7 Å². The smallest absolute Gasteiger partial charge is 0.298 e. The number of halogens is 2. The average molecular weight is 268 g/mol. The lowest BCUT2D eigenvalue weighted by atomic mass is 10.1. The number of anilines is 1. The maximum absolute atomic E-state index is 13.8. The van der Waals surface area contributed by atoms with E-state index >= 15 is 0 Å². The van der Waals surface area contributed by atoms with Gasteiger partial charge in [0.05, 0.1) is 11.0 Å². The van der Waals surface area contributed by atoms with Gasteiger partial charge in [-0.25, -0.2) is 8.78 Å². The highest BCUT2D eigenvalue weighted by Gasteiger charge is 2.42. The first-order valence-corrected chi connectivity index (χ1v) is 6.46. The number of hydrogen-bond acceptors (Lipinski definition) is 3. The van der Waals surface area contributed by atoms with E-state index in [1.807, 2.05) is 0 Å². The summed E-state index contributed by atoms with van der Waals surface area (Å²) in [5.41, 5.74) is -0.695. The summed E-state index contributed by atoms with van der Waals surface area (Å²) >= 11 is 0. The van der Waals surface area contributed by atoms with Gasteiger partial charge in [-0.2, -0.15) is 0 Å². The molecule has 2 saturated carbocycles. The Kier molecular flexibility index (Phi) is 2.88. The molecule has 2 aliphatic carbocycles. The summed E-state index contributed by atoms with van der Waals surface area (Å²) < 4.78 is 26.9. The summed E-state index contributed by atoms with van der Waals surface area (Å²) in [6.45, 7) is 0. The van der Waals surface area contributed by atoms with Crippen molar-refractivity contribution in [2.24, 2.45) is 11.8 Å². The van der Waals surface area contributed by atoms with Gasteiger partial charge in [-0.1, -0.05) is 0 Å². The lowest BCUT2D eigenvalue weighted by molar-refractivity contribution is -0.384. The van der Waals surface area contributed by atoms with Crippen molar-refractivity contribution >= 4 is 11.4 Å². The van der Waals surface area contributed by atoms with Crippen molar-refractivity contribution < 1.29 is 13.7 Å². The molecule has 1 aromatic carbocycles. The third kappa shape index (κ3) is 2.52. The predicted molar refractivity (Wildman–Crippen MR) is 65.9 cm³/mol. The molecule has 0 bridgehead atoms. The number of nitrogens with one attached hydrogen (secondary N) is 1. The number of nitro groups is 1. The molecule has 0 spiro atoms. The van der Waals surface area contributed by atoms with Gasteiger partial charge in [0.2, 0.25) is 0 Å². The summed E-state index contributed by atoms with van der Waals surface area (Å²) in [7, 11) is 0. The van der Waals surface area contributed by atoms with Crippen LogP contribution in [0, 0.1) is 33.6 Å². The largest absolute Gasteiger partial charge is 0.374 e. The van der Waals surface area contributed by atoms with Crippen molar-refractivity contribution in [3.05, 3.63) is 33.9 Å². The minimum atomic E-state index is -0.927. The Labute approximate surface area is 109 Å². The summed E-state index contributed by atoms with van der Waals surface area (Å²) in [6, 6.07) is 1.53. The monoisotopic (exact) mass is 268 g/mol. The maximum Gasteiger partial charge on any atom is 0.298 e. The van der Waals surface area contributed by atoms with Gasteiger partial charge in [0, 0.05) is 12.1 Å². The molecule has 0 heterocycles. The molecule has 0 radical (unpaired) electrons. The van der Waals surface area contributed by atoms with Crippen LogP contribution in [0.4, 0.5) is 20.2 Å². The van der Waals surface area contributed by atoms with Crippen LogP contribution in [0.3, 0.4) is 0 Å². The van der Waals surface area contributed by atoms with E-state index in [0.717, 1.165) is 31.7 Å². The number of hydrogen-bond donors (Lipinski definition) is 1. The summed E-state index contributed by atoms with van der Waals surface area (Å²) in [4.78, 5) is 10.2. The summed E-state index contributed by atoms with van der Waals surface area (Å²) in [5, 5.41) is 13.9. The number of nitro benzene ring substituents is 1. The van der Waals surface area contributed by atoms with E-state index in [4.69, 9.17) is 0 Å². The van der Waals surface area contributed by atoms with Gasteiger partial charge in [-0.05, 0) is 37.5 Å². The topological polar surface area (TPSA) is 55.2 Å². The van der Waals surface area contributed by atoms with E-state index in [0.29, 0.717) is 17.9 Å². The van der Waals surface area contributed by atoms with Crippen LogP contribution in [-0.2, 0) is 0 Å². The molecule has 1 N–H and O–H groups in total. The zero-order valence-corrected chi connectivity index (χ0v) is 10.2. The van der Waals surface area contributed by atoms with E-state index < -0.39 is 22.2 Å². The van der Waals surface area contributed by atoms with Crippen LogP contribution in [-0.4, -0.2) is 11.0 Å². The van der Waals surface area contributed by atoms with Crippen LogP contribution in [0.1, 0.15) is 25.7 Å². The lowest BCUT2D eigenvalue weighted by Crippen LogP contribution is -2.25. The van der Waals surface area contributed by atoms with Crippen molar-refractivity contribution in [3.8, 4) is 0 Å². The third-order valence-corrected chi connectivity index (χ3v) is 3.80. The first kappa shape index (κ1) is 12.3. The number of rotatable bonds is 5. The van der Waals surface area contributed by atoms with Crippen LogP contribution < -0.4 is 5.32 Å². The minimum absolute atomic E-state index is 0.0821. The maximum atomic E-state index is 13.8. The van der Waals surface area contributed by atoms with Crippen LogP contribution in [0.25, 0.3) is 0 Å². The fraction of sp³-hybridized carbons (Fsp3) is 0.538. The molecular weight excluding hydrogens is 254 g/mol. The average Bonchev–Trinajstić information content (AvgIpc) is 3.20. The second-order valence-electron chi connectivity index (χ2n) is 5.38. The Morgan fingerprint density at radius 1 is 1.21 bits per heavy atom. The van der Waals surface area contributed by atoms with Gasteiger partial charge < -0.3 is 5.32 Å². The predicted octanol–water partition coefficient (Wildman–Crippen LogP) is 3.47. The highest BCUT2D eigenvalue weighted by atomic mass is 19.1. The zero-order valence-electron chi connectivity index (χ0n) is 10.2. The molecular formula is C13H14F2N2O2. The molecule has 4 nitrogen and oxygen atoms in total. The zero-order chi connectivity index (χ0) is 13.6. The van der Waals surface area contributed by atoms with E-state index in [-0.39, 0.29) is 11.7 Å². The number of nitrogens with zero attached hydrogens (tertiary/aromatic N) is 1. The van der Waals surface area contributed by atoms with Gasteiger partial charge >= 0.3 is 0 Å². The second kappa shape index (κ2) is 4.43. The molecule has 1 aromatic rings. The van der Waals surface area contributed by atoms with E-state index in [1.54, 1.807) is 0 Å². The summed E-state index contributed by atoms with van der Waals surface area (Å²) in [6.07, 6.45) is 4.30. The molecule has 0 atom stereocenters. The Hall–Kier alpha value is -1.72. The van der Waals surface area contributed by atoms with E-state index in [9.17, 15) is 18.9 Å². The van der Waals surface area contributed by atoms with Crippen LogP contribution in [0.15, 0.2) is 12.1 Å². The molecule has 3 rings (SSSR count). The first-order chi connectivity index (χ1) is 9.06. The molecule has 6 heteroatoms. The van der Waals surface area contributed by atoms with Crippen LogP contribution >= 0.6 is 0 Å². The SMILES string of the molecule is O=[N+]([O-])c1cc(F)cc(F)c1NC(C1CC1)C1CC1. The third-order valence-electron chi connectivity index (χ3n) is 3.80. The van der Waals surface area contributed by atoms with Crippen molar-refractivity contribution in [1.29, 1.82) is 0 Å². The summed E-state index contributed by atoms with van der Waals surface area (Å²) in [5.74, 6) is -0.879. The van der Waals surface area contributed by atoms with Crippen molar-refractivity contribution in [3.63, 3.8) is 0 Å². The molecule has 2 fully saturated rings. The van der Waals surface area contributed by atoms with Crippen molar-refractivity contribution in [1.82, 2.24) is 0 Å². The van der Waals surface area contributed by atoms with Gasteiger partial charge in [0.15, 0.2) is 5.82 Å². The van der Waals surface area contributed by atoms with Gasteiger partial charge in [-0.3, -0.25) is 10.1 Å². The normalized spacial score (nSPS) is 18.7. The van der Waals surface area contributed by atoms with Crippen LogP contribution in [0.2, 0.25) is 0 Å². The van der Waals surface area contributed by atoms with Crippen LogP contribution in [0.5, 0.6) is 0 Å². The van der Waals surface area contributed by atoms with Gasteiger partial charge in [0.1, 0.15) is 11.5 Å². The Bertz CT molecular complexity index is 516. The molecule has 2 aliphatic rings. The standard InChI is InChI=1S/C13H14F2N2O2/c14-9-5-10(15)13(11(6-9)17(18)19)16-12(7-1-2-7)8-3-4-8/h5-8,12,16H,1-4H2. The van der Waals surface area contributed by atoms with E-state index in [1.165, 1.54) is 0 Å². The highest BCUT2D eigenvalue weighted by molar-refractivity contribution is 5.63. The first-order valence-electron chi connectivity index (χ1n) is 6.46. The fourth-order valence-corrected chi connectivity index (χ4v) is 2.54. The van der Waals surface area contributed by atoms with Gasteiger partial charge in [-0.15, -0.1) is 0 Å². The lowest BCUT2D eigenvalue weighted by Gasteiger charge is -2.19. The molecule has 19 heavy (non-hydrogen) atoms.